The van der Waals surface area contributed by atoms with Gasteiger partial charge < -0.3 is 15.1 Å². The minimum absolute atomic E-state index is 0.0820. The number of amides is 1. The van der Waals surface area contributed by atoms with Gasteiger partial charge in [-0.2, -0.15) is 0 Å². The number of furan rings is 1. The SMILES string of the molecule is Nc1nc(-c2ccc(C(=O)N3CCCCC3)cc2)cn2nc(-c3ccco3)nc12. The fraction of sp³-hybridized carbons (Fsp3) is 0.238. The first-order valence-electron chi connectivity index (χ1n) is 9.65. The molecule has 8 nitrogen and oxygen atoms in total. The maximum atomic E-state index is 12.7. The number of carbonyl (C=O) groups excluding carboxylic acids is 1. The highest BCUT2D eigenvalue weighted by atomic mass is 16.3. The highest BCUT2D eigenvalue weighted by molar-refractivity contribution is 5.94. The Morgan fingerprint density at radius 2 is 1.83 bits per heavy atom. The number of nitrogens with two attached hydrogens (primary N) is 1. The Morgan fingerprint density at radius 1 is 1.03 bits per heavy atom. The van der Waals surface area contributed by atoms with E-state index in [0.717, 1.165) is 31.5 Å². The molecule has 1 saturated heterocycles. The summed E-state index contributed by atoms with van der Waals surface area (Å²) in [4.78, 5) is 23.4. The lowest BCUT2D eigenvalue weighted by molar-refractivity contribution is 0.0724. The van der Waals surface area contributed by atoms with Gasteiger partial charge in [0.2, 0.25) is 5.82 Å². The standard InChI is InChI=1S/C21H20N6O2/c22-18-20-24-19(17-5-4-12-29-17)25-27(20)13-16(23-18)14-6-8-15(9-7-14)21(28)26-10-2-1-3-11-26/h4-9,12-13H,1-3,10-11H2,(H2,22,23). The van der Waals surface area contributed by atoms with Crippen LogP contribution in [0.3, 0.4) is 0 Å². The molecule has 1 aromatic carbocycles. The summed E-state index contributed by atoms with van der Waals surface area (Å²) in [6.45, 7) is 1.67. The number of anilines is 1. The monoisotopic (exact) mass is 388 g/mol. The molecule has 4 heterocycles. The van der Waals surface area contributed by atoms with E-state index in [-0.39, 0.29) is 11.7 Å². The number of nitrogen functional groups attached to an aromatic ring is 1. The Balaban J connectivity index is 1.45. The predicted molar refractivity (Wildman–Crippen MR) is 108 cm³/mol. The van der Waals surface area contributed by atoms with Crippen molar-refractivity contribution >= 4 is 17.4 Å². The minimum atomic E-state index is 0.0820. The van der Waals surface area contributed by atoms with E-state index in [0.29, 0.717) is 28.5 Å². The van der Waals surface area contributed by atoms with Gasteiger partial charge in [-0.25, -0.2) is 14.5 Å². The summed E-state index contributed by atoms with van der Waals surface area (Å²) < 4.78 is 6.95. The van der Waals surface area contributed by atoms with E-state index in [9.17, 15) is 4.79 Å². The number of fused-ring (bicyclic) bond motifs is 1. The van der Waals surface area contributed by atoms with Gasteiger partial charge in [-0.1, -0.05) is 12.1 Å². The molecule has 2 N–H and O–H groups in total. The second-order valence-corrected chi connectivity index (χ2v) is 7.12. The summed E-state index contributed by atoms with van der Waals surface area (Å²) in [5, 5.41) is 4.44. The third-order valence-corrected chi connectivity index (χ3v) is 5.16. The molecule has 0 unspecified atom stereocenters. The number of hydrogen-bond acceptors (Lipinski definition) is 6. The van der Waals surface area contributed by atoms with Crippen LogP contribution in [0, 0.1) is 0 Å². The van der Waals surface area contributed by atoms with Crippen molar-refractivity contribution in [1.82, 2.24) is 24.5 Å². The fourth-order valence-corrected chi connectivity index (χ4v) is 3.62. The van der Waals surface area contributed by atoms with Gasteiger partial charge in [0.1, 0.15) is 0 Å². The van der Waals surface area contributed by atoms with E-state index < -0.39 is 0 Å². The van der Waals surface area contributed by atoms with Crippen molar-refractivity contribution in [3.8, 4) is 22.8 Å². The highest BCUT2D eigenvalue weighted by Gasteiger charge is 2.18. The molecule has 0 radical (unpaired) electrons. The van der Waals surface area contributed by atoms with Crippen LogP contribution in [0.2, 0.25) is 0 Å². The lowest BCUT2D eigenvalue weighted by atomic mass is 10.1. The molecule has 29 heavy (non-hydrogen) atoms. The van der Waals surface area contributed by atoms with Gasteiger partial charge >= 0.3 is 0 Å². The fourth-order valence-electron chi connectivity index (χ4n) is 3.62. The smallest absolute Gasteiger partial charge is 0.253 e. The number of likely N-dealkylation sites (tertiary alicyclic amines) is 1. The van der Waals surface area contributed by atoms with Crippen LogP contribution in [0.5, 0.6) is 0 Å². The number of rotatable bonds is 3. The zero-order valence-corrected chi connectivity index (χ0v) is 15.8. The molecule has 0 saturated carbocycles. The molecule has 0 aliphatic carbocycles. The zero-order chi connectivity index (χ0) is 19.8. The normalized spacial score (nSPS) is 14.4. The van der Waals surface area contributed by atoms with E-state index in [4.69, 9.17) is 10.2 Å². The summed E-state index contributed by atoms with van der Waals surface area (Å²) >= 11 is 0. The van der Waals surface area contributed by atoms with Crippen LogP contribution < -0.4 is 5.73 Å². The van der Waals surface area contributed by atoms with Crippen molar-refractivity contribution in [2.24, 2.45) is 0 Å². The molecule has 3 aromatic heterocycles. The summed E-state index contributed by atoms with van der Waals surface area (Å²) in [5.41, 5.74) is 8.77. The first-order valence-corrected chi connectivity index (χ1v) is 9.65. The summed E-state index contributed by atoms with van der Waals surface area (Å²) in [6.07, 6.45) is 6.69. The number of nitrogens with zero attached hydrogens (tertiary/aromatic N) is 5. The topological polar surface area (TPSA) is 103 Å². The summed E-state index contributed by atoms with van der Waals surface area (Å²) in [5.74, 6) is 1.37. The van der Waals surface area contributed by atoms with Crippen LogP contribution in [-0.2, 0) is 0 Å². The Morgan fingerprint density at radius 3 is 2.55 bits per heavy atom. The van der Waals surface area contributed by atoms with Crippen molar-refractivity contribution in [3.05, 3.63) is 54.4 Å². The molecule has 146 valence electrons. The van der Waals surface area contributed by atoms with Gasteiger partial charge in [-0.15, -0.1) is 5.10 Å². The van der Waals surface area contributed by atoms with E-state index in [1.54, 1.807) is 29.1 Å². The van der Waals surface area contributed by atoms with Crippen LogP contribution in [0.4, 0.5) is 5.82 Å². The molecule has 1 amide bonds. The Kier molecular flexibility index (Phi) is 4.23. The number of piperidine rings is 1. The Hall–Kier alpha value is -3.68. The second-order valence-electron chi connectivity index (χ2n) is 7.12. The van der Waals surface area contributed by atoms with E-state index >= 15 is 0 Å². The van der Waals surface area contributed by atoms with Crippen LogP contribution in [0.15, 0.2) is 53.3 Å². The molecule has 1 fully saturated rings. The molecule has 4 aromatic rings. The first kappa shape index (κ1) is 17.4. The van der Waals surface area contributed by atoms with E-state index in [1.807, 2.05) is 29.2 Å². The number of carbonyl (C=O) groups is 1. The lowest BCUT2D eigenvalue weighted by Gasteiger charge is -2.26. The number of aromatic nitrogens is 4. The van der Waals surface area contributed by atoms with Crippen molar-refractivity contribution in [2.75, 3.05) is 18.8 Å². The van der Waals surface area contributed by atoms with Crippen molar-refractivity contribution < 1.29 is 9.21 Å². The molecule has 1 aliphatic heterocycles. The first-order chi connectivity index (χ1) is 14.2. The number of hydrogen-bond donors (Lipinski definition) is 1. The van der Waals surface area contributed by atoms with E-state index in [2.05, 4.69) is 15.1 Å². The van der Waals surface area contributed by atoms with Gasteiger partial charge in [0.25, 0.3) is 5.91 Å². The maximum Gasteiger partial charge on any atom is 0.253 e. The highest BCUT2D eigenvalue weighted by Crippen LogP contribution is 2.24. The quantitative estimate of drug-likeness (QED) is 0.578. The molecular formula is C21H20N6O2. The predicted octanol–water partition coefficient (Wildman–Crippen LogP) is 3.26. The van der Waals surface area contributed by atoms with Crippen LogP contribution >= 0.6 is 0 Å². The summed E-state index contributed by atoms with van der Waals surface area (Å²) in [6, 6.07) is 11.0. The maximum absolute atomic E-state index is 12.7. The Labute approximate surface area is 167 Å². The van der Waals surface area contributed by atoms with Gasteiger partial charge in [0.15, 0.2) is 17.2 Å². The third-order valence-electron chi connectivity index (χ3n) is 5.16. The van der Waals surface area contributed by atoms with Crippen LogP contribution in [0.1, 0.15) is 29.6 Å². The average Bonchev–Trinajstić information content (AvgIpc) is 3.44. The number of benzene rings is 1. The van der Waals surface area contributed by atoms with Gasteiger partial charge in [0, 0.05) is 24.2 Å². The van der Waals surface area contributed by atoms with Crippen molar-refractivity contribution in [1.29, 1.82) is 0 Å². The Bertz CT molecular complexity index is 1160. The second kappa shape index (κ2) is 7.05. The van der Waals surface area contributed by atoms with Gasteiger partial charge in [-0.05, 0) is 43.5 Å². The molecule has 0 atom stereocenters. The average molecular weight is 388 g/mol. The van der Waals surface area contributed by atoms with Gasteiger partial charge in [-0.3, -0.25) is 4.79 Å². The largest absolute Gasteiger partial charge is 0.461 e. The zero-order valence-electron chi connectivity index (χ0n) is 15.8. The molecule has 8 heteroatoms. The van der Waals surface area contributed by atoms with Gasteiger partial charge in [0.05, 0.1) is 18.2 Å². The molecule has 0 bridgehead atoms. The van der Waals surface area contributed by atoms with Crippen LogP contribution in [-0.4, -0.2) is 43.5 Å². The minimum Gasteiger partial charge on any atom is -0.461 e. The van der Waals surface area contributed by atoms with Crippen LogP contribution in [0.25, 0.3) is 28.5 Å². The third kappa shape index (κ3) is 3.22. The molecule has 1 aliphatic rings. The lowest BCUT2D eigenvalue weighted by Crippen LogP contribution is -2.35. The molecular weight excluding hydrogens is 368 g/mol. The van der Waals surface area contributed by atoms with E-state index in [1.165, 1.54) is 6.42 Å². The summed E-state index contributed by atoms with van der Waals surface area (Å²) in [7, 11) is 0. The van der Waals surface area contributed by atoms with Crippen molar-refractivity contribution in [2.45, 2.75) is 19.3 Å². The molecule has 0 spiro atoms. The van der Waals surface area contributed by atoms with Crippen molar-refractivity contribution in [3.63, 3.8) is 0 Å². The molecule has 5 rings (SSSR count).